The van der Waals surface area contributed by atoms with E-state index in [9.17, 15) is 4.79 Å². The molecule has 0 saturated carbocycles. The van der Waals surface area contributed by atoms with E-state index in [-0.39, 0.29) is 12.2 Å². The second-order valence-electron chi connectivity index (χ2n) is 8.32. The normalized spacial score (nSPS) is 10.8. The van der Waals surface area contributed by atoms with E-state index in [4.69, 9.17) is 24.8 Å². The first kappa shape index (κ1) is 22.9. The lowest BCUT2D eigenvalue weighted by molar-refractivity contribution is 0.308. The minimum atomic E-state index is -0.222. The van der Waals surface area contributed by atoms with E-state index in [0.717, 1.165) is 22.7 Å². The maximum atomic E-state index is 13.6. The van der Waals surface area contributed by atoms with Crippen LogP contribution in [0.5, 0.6) is 11.5 Å². The molecule has 0 saturated heterocycles. The van der Waals surface area contributed by atoms with Crippen molar-refractivity contribution >= 4 is 5.65 Å². The Bertz CT molecular complexity index is 1660. The maximum absolute atomic E-state index is 13.6. The third-order valence-electron chi connectivity index (χ3n) is 5.94. The Morgan fingerprint density at radius 1 is 1.03 bits per heavy atom. The molecule has 0 aliphatic heterocycles. The van der Waals surface area contributed by atoms with E-state index in [1.807, 2.05) is 49.4 Å². The minimum absolute atomic E-state index is 0.222. The molecule has 0 amide bonds. The Balaban J connectivity index is 1.50. The van der Waals surface area contributed by atoms with Crippen LogP contribution in [0.3, 0.4) is 0 Å². The first-order valence-electron chi connectivity index (χ1n) is 11.3. The Morgan fingerprint density at radius 2 is 1.78 bits per heavy atom. The van der Waals surface area contributed by atoms with Crippen molar-refractivity contribution in [2.75, 3.05) is 7.11 Å². The van der Waals surface area contributed by atoms with E-state index < -0.39 is 0 Å². The number of nitrogens with zero attached hydrogens (tertiary/aromatic N) is 5. The van der Waals surface area contributed by atoms with Gasteiger partial charge in [0.25, 0.3) is 5.56 Å². The summed E-state index contributed by atoms with van der Waals surface area (Å²) in [7, 11) is 1.62. The fourth-order valence-corrected chi connectivity index (χ4v) is 4.07. The number of hydrogen-bond acceptors (Lipinski definition) is 6. The summed E-state index contributed by atoms with van der Waals surface area (Å²) >= 11 is 0. The summed E-state index contributed by atoms with van der Waals surface area (Å²) in [5.74, 6) is 1.25. The van der Waals surface area contributed by atoms with E-state index in [0.29, 0.717) is 33.9 Å². The number of nitriles is 1. The molecule has 0 bridgehead atoms. The highest BCUT2D eigenvalue weighted by atomic mass is 16.5. The first-order chi connectivity index (χ1) is 17.5. The van der Waals surface area contributed by atoms with Crippen LogP contribution in [0, 0.1) is 25.2 Å². The standard InChI is InChI=1S/C28H23N5O3/c1-18-15-24(31-33(18)22-10-12-23(35-3)13-11-22)26-19(2)30-27-25(5-4-14-32(27)28(26)34)36-17-21-8-6-20(16-29)7-9-21/h4-15H,17H2,1-3H3. The van der Waals surface area contributed by atoms with Crippen molar-refractivity contribution < 1.29 is 9.47 Å². The molecule has 0 N–H and O–H groups in total. The van der Waals surface area contributed by atoms with E-state index in [2.05, 4.69) is 6.07 Å². The monoisotopic (exact) mass is 477 g/mol. The summed E-state index contributed by atoms with van der Waals surface area (Å²) in [6, 6.07) is 22.3. The van der Waals surface area contributed by atoms with Gasteiger partial charge in [-0.25, -0.2) is 9.67 Å². The second-order valence-corrected chi connectivity index (χ2v) is 8.32. The summed E-state index contributed by atoms with van der Waals surface area (Å²) in [6.07, 6.45) is 1.68. The highest BCUT2D eigenvalue weighted by molar-refractivity contribution is 5.65. The van der Waals surface area contributed by atoms with Crippen molar-refractivity contribution in [3.63, 3.8) is 0 Å². The van der Waals surface area contributed by atoms with Crippen LogP contribution in [0.1, 0.15) is 22.5 Å². The topological polar surface area (TPSA) is 94.4 Å². The molecule has 5 rings (SSSR count). The van der Waals surface area contributed by atoms with E-state index >= 15 is 0 Å². The van der Waals surface area contributed by atoms with Gasteiger partial charge in [-0.2, -0.15) is 10.4 Å². The lowest BCUT2D eigenvalue weighted by Gasteiger charge is -2.12. The number of aryl methyl sites for hydroxylation is 2. The fraction of sp³-hybridized carbons (Fsp3) is 0.143. The molecule has 0 unspecified atom stereocenters. The maximum Gasteiger partial charge on any atom is 0.267 e. The van der Waals surface area contributed by atoms with Crippen molar-refractivity contribution in [1.82, 2.24) is 19.2 Å². The van der Waals surface area contributed by atoms with Crippen LogP contribution in [-0.2, 0) is 6.61 Å². The zero-order valence-electron chi connectivity index (χ0n) is 20.1. The molecule has 0 fully saturated rings. The smallest absolute Gasteiger partial charge is 0.267 e. The number of pyridine rings is 1. The van der Waals surface area contributed by atoms with Gasteiger partial charge in [0, 0.05) is 11.9 Å². The quantitative estimate of drug-likeness (QED) is 0.354. The zero-order valence-corrected chi connectivity index (χ0v) is 20.1. The summed E-state index contributed by atoms with van der Waals surface area (Å²) in [5, 5.41) is 13.7. The van der Waals surface area contributed by atoms with Gasteiger partial charge in [0.2, 0.25) is 0 Å². The number of aromatic nitrogens is 4. The predicted molar refractivity (Wildman–Crippen MR) is 136 cm³/mol. The molecule has 0 aliphatic rings. The van der Waals surface area contributed by atoms with Gasteiger partial charge in [-0.3, -0.25) is 9.20 Å². The number of hydrogen-bond donors (Lipinski definition) is 0. The van der Waals surface area contributed by atoms with Crippen molar-refractivity contribution in [2.24, 2.45) is 0 Å². The molecule has 8 nitrogen and oxygen atoms in total. The molecular formula is C28H23N5O3. The third kappa shape index (κ3) is 4.18. The van der Waals surface area contributed by atoms with E-state index in [1.165, 1.54) is 4.40 Å². The lowest BCUT2D eigenvalue weighted by Crippen LogP contribution is -2.19. The van der Waals surface area contributed by atoms with Crippen LogP contribution < -0.4 is 15.0 Å². The molecule has 0 atom stereocenters. The lowest BCUT2D eigenvalue weighted by atomic mass is 10.1. The van der Waals surface area contributed by atoms with Crippen LogP contribution in [0.15, 0.2) is 77.7 Å². The largest absolute Gasteiger partial charge is 0.497 e. The molecule has 5 aromatic rings. The molecule has 178 valence electrons. The van der Waals surface area contributed by atoms with Crippen molar-refractivity contribution in [1.29, 1.82) is 5.26 Å². The first-order valence-corrected chi connectivity index (χ1v) is 11.3. The Kier molecular flexibility index (Phi) is 5.97. The Morgan fingerprint density at radius 3 is 2.47 bits per heavy atom. The van der Waals surface area contributed by atoms with Crippen molar-refractivity contribution in [3.8, 4) is 34.5 Å². The number of methoxy groups -OCH3 is 1. The van der Waals surface area contributed by atoms with Gasteiger partial charge < -0.3 is 9.47 Å². The SMILES string of the molecule is COc1ccc(-n2nc(-c3c(C)nc4c(OCc5ccc(C#N)cc5)cccn4c3=O)cc2C)cc1. The van der Waals surface area contributed by atoms with Gasteiger partial charge in [-0.15, -0.1) is 0 Å². The van der Waals surface area contributed by atoms with Gasteiger partial charge in [0.05, 0.1) is 35.7 Å². The molecular weight excluding hydrogens is 454 g/mol. The van der Waals surface area contributed by atoms with Gasteiger partial charge in [-0.05, 0) is 74.0 Å². The number of rotatable bonds is 6. The van der Waals surface area contributed by atoms with Crippen LogP contribution in [0.2, 0.25) is 0 Å². The Hall–Kier alpha value is -4.90. The van der Waals surface area contributed by atoms with Crippen molar-refractivity contribution in [2.45, 2.75) is 20.5 Å². The summed E-state index contributed by atoms with van der Waals surface area (Å²) < 4.78 is 14.5. The van der Waals surface area contributed by atoms with Crippen molar-refractivity contribution in [3.05, 3.63) is 106 Å². The molecule has 0 radical (unpaired) electrons. The van der Waals surface area contributed by atoms with Crippen LogP contribution in [-0.4, -0.2) is 26.3 Å². The zero-order chi connectivity index (χ0) is 25.2. The number of fused-ring (bicyclic) bond motifs is 1. The molecule has 8 heteroatoms. The molecule has 3 heterocycles. The molecule has 2 aromatic carbocycles. The van der Waals surface area contributed by atoms with Crippen LogP contribution in [0.4, 0.5) is 0 Å². The fourth-order valence-electron chi connectivity index (χ4n) is 4.07. The van der Waals surface area contributed by atoms with E-state index in [1.54, 1.807) is 49.2 Å². The average molecular weight is 478 g/mol. The molecule has 0 aliphatic carbocycles. The minimum Gasteiger partial charge on any atom is -0.497 e. The molecule has 0 spiro atoms. The average Bonchev–Trinajstić information content (AvgIpc) is 3.28. The van der Waals surface area contributed by atoms with Crippen LogP contribution >= 0.6 is 0 Å². The van der Waals surface area contributed by atoms with Gasteiger partial charge in [0.15, 0.2) is 11.4 Å². The Labute approximate surface area is 207 Å². The molecule has 36 heavy (non-hydrogen) atoms. The van der Waals surface area contributed by atoms with Gasteiger partial charge in [-0.1, -0.05) is 12.1 Å². The van der Waals surface area contributed by atoms with Gasteiger partial charge >= 0.3 is 0 Å². The van der Waals surface area contributed by atoms with Crippen LogP contribution in [0.25, 0.3) is 22.6 Å². The third-order valence-corrected chi connectivity index (χ3v) is 5.94. The predicted octanol–water partition coefficient (Wildman–Crippen LogP) is 4.62. The van der Waals surface area contributed by atoms with Gasteiger partial charge in [0.1, 0.15) is 18.1 Å². The summed E-state index contributed by atoms with van der Waals surface area (Å²) in [6.45, 7) is 4.03. The number of ether oxygens (including phenoxy) is 2. The second kappa shape index (κ2) is 9.39. The molecule has 3 aromatic heterocycles. The summed E-state index contributed by atoms with van der Waals surface area (Å²) in [5.41, 5.74) is 5.02. The highest BCUT2D eigenvalue weighted by Crippen LogP contribution is 2.25. The highest BCUT2D eigenvalue weighted by Gasteiger charge is 2.18. The number of benzene rings is 2. The summed E-state index contributed by atoms with van der Waals surface area (Å²) in [4.78, 5) is 18.3.